The van der Waals surface area contributed by atoms with Crippen molar-refractivity contribution in [3.63, 3.8) is 0 Å². The van der Waals surface area contributed by atoms with E-state index in [0.29, 0.717) is 0 Å². The number of nitrogens with zero attached hydrogens (tertiary/aromatic N) is 5. The molecule has 0 amide bonds. The molecule has 2 heterocycles. The standard InChI is InChI=1S/C5H2N6O5/c12-10(13)2-1-6-7-3(2)4-8-9-5(16-4)11(14)15/h1H,(H,6,7). The minimum Gasteiger partial charge on any atom is -0.359 e. The van der Waals surface area contributed by atoms with Crippen molar-refractivity contribution in [1.82, 2.24) is 20.4 Å². The van der Waals surface area contributed by atoms with Crippen LogP contribution in [0.25, 0.3) is 11.6 Å². The second-order valence-corrected chi connectivity index (χ2v) is 2.52. The third-order valence-corrected chi connectivity index (χ3v) is 1.59. The molecule has 0 aliphatic rings. The number of rotatable bonds is 3. The summed E-state index contributed by atoms with van der Waals surface area (Å²) in [5, 5.41) is 32.8. The van der Waals surface area contributed by atoms with Gasteiger partial charge in [-0.2, -0.15) is 5.10 Å². The number of aromatic nitrogens is 4. The topological polar surface area (TPSA) is 154 Å². The fraction of sp³-hybridized carbons (Fsp3) is 0. The quantitative estimate of drug-likeness (QED) is 0.577. The summed E-state index contributed by atoms with van der Waals surface area (Å²) < 4.78 is 4.57. The van der Waals surface area contributed by atoms with Crippen LogP contribution >= 0.6 is 0 Å². The Balaban J connectivity index is 2.46. The van der Waals surface area contributed by atoms with Gasteiger partial charge in [-0.15, -0.1) is 0 Å². The van der Waals surface area contributed by atoms with Gasteiger partial charge in [0, 0.05) is 10.0 Å². The molecule has 2 aromatic rings. The van der Waals surface area contributed by atoms with Gasteiger partial charge in [-0.1, -0.05) is 0 Å². The smallest absolute Gasteiger partial charge is 0.359 e. The first-order chi connectivity index (χ1) is 7.59. The molecule has 2 aromatic heterocycles. The molecule has 11 nitrogen and oxygen atoms in total. The Hall–Kier alpha value is -2.85. The molecular formula is C5H2N6O5. The van der Waals surface area contributed by atoms with Crippen LogP contribution in [0.4, 0.5) is 11.7 Å². The lowest BCUT2D eigenvalue weighted by Crippen LogP contribution is -1.89. The Labute approximate surface area is 85.4 Å². The second-order valence-electron chi connectivity index (χ2n) is 2.52. The summed E-state index contributed by atoms with van der Waals surface area (Å²) in [5.74, 6) is -0.389. The minimum atomic E-state index is -0.908. The van der Waals surface area contributed by atoms with E-state index in [-0.39, 0.29) is 11.6 Å². The summed E-state index contributed by atoms with van der Waals surface area (Å²) in [4.78, 5) is 19.1. The van der Waals surface area contributed by atoms with Crippen LogP contribution in [-0.4, -0.2) is 30.2 Å². The van der Waals surface area contributed by atoms with Gasteiger partial charge in [0.05, 0.1) is 4.92 Å². The first-order valence-corrected chi connectivity index (χ1v) is 3.76. The van der Waals surface area contributed by atoms with Gasteiger partial charge in [0.1, 0.15) is 11.3 Å². The molecule has 0 spiro atoms. The van der Waals surface area contributed by atoms with E-state index >= 15 is 0 Å². The minimum absolute atomic E-state index is 0.245. The highest BCUT2D eigenvalue weighted by molar-refractivity contribution is 5.60. The Kier molecular flexibility index (Phi) is 2.05. The highest BCUT2D eigenvalue weighted by Crippen LogP contribution is 2.26. The van der Waals surface area contributed by atoms with E-state index < -0.39 is 21.5 Å². The molecule has 0 saturated carbocycles. The average molecular weight is 226 g/mol. The van der Waals surface area contributed by atoms with Crippen molar-refractivity contribution >= 4 is 11.7 Å². The molecule has 0 aliphatic heterocycles. The predicted molar refractivity (Wildman–Crippen MR) is 45.2 cm³/mol. The number of H-pyrrole nitrogens is 1. The van der Waals surface area contributed by atoms with Crippen LogP contribution in [0.1, 0.15) is 0 Å². The molecule has 0 aromatic carbocycles. The summed E-state index contributed by atoms with van der Waals surface area (Å²) in [7, 11) is 0. The Morgan fingerprint density at radius 1 is 1.25 bits per heavy atom. The largest absolute Gasteiger partial charge is 0.572 e. The van der Waals surface area contributed by atoms with E-state index in [2.05, 4.69) is 24.8 Å². The van der Waals surface area contributed by atoms with Crippen LogP contribution in [0.2, 0.25) is 0 Å². The van der Waals surface area contributed by atoms with Crippen molar-refractivity contribution in [2.45, 2.75) is 0 Å². The number of hydrogen-bond acceptors (Lipinski definition) is 8. The summed E-state index contributed by atoms with van der Waals surface area (Å²) in [6.45, 7) is 0. The summed E-state index contributed by atoms with van der Waals surface area (Å²) in [6.07, 6.45) is 1.01. The van der Waals surface area contributed by atoms with Crippen LogP contribution in [0.15, 0.2) is 10.6 Å². The first-order valence-electron chi connectivity index (χ1n) is 3.76. The second kappa shape index (κ2) is 3.38. The third kappa shape index (κ3) is 1.45. The number of aromatic amines is 1. The van der Waals surface area contributed by atoms with Gasteiger partial charge in [0.15, 0.2) is 0 Å². The van der Waals surface area contributed by atoms with Crippen molar-refractivity contribution in [3.8, 4) is 11.6 Å². The molecule has 2 rings (SSSR count). The molecule has 0 saturated heterocycles. The SMILES string of the molecule is O=[N+]([O-])c1nnc(-c2n[nH]cc2[N+](=O)[O-])o1. The lowest BCUT2D eigenvalue weighted by molar-refractivity contribution is -0.407. The van der Waals surface area contributed by atoms with Gasteiger partial charge in [-0.3, -0.25) is 15.2 Å². The van der Waals surface area contributed by atoms with E-state index in [1.54, 1.807) is 0 Å². The zero-order valence-electron chi connectivity index (χ0n) is 7.35. The van der Waals surface area contributed by atoms with E-state index in [9.17, 15) is 20.2 Å². The molecule has 16 heavy (non-hydrogen) atoms. The Bertz CT molecular complexity index is 557. The van der Waals surface area contributed by atoms with Crippen LogP contribution < -0.4 is 0 Å². The van der Waals surface area contributed by atoms with Gasteiger partial charge in [-0.25, -0.2) is 0 Å². The van der Waals surface area contributed by atoms with Crippen molar-refractivity contribution in [2.75, 3.05) is 0 Å². The van der Waals surface area contributed by atoms with E-state index in [1.807, 2.05) is 0 Å². The monoisotopic (exact) mass is 226 g/mol. The van der Waals surface area contributed by atoms with E-state index in [4.69, 9.17) is 0 Å². The summed E-state index contributed by atoms with van der Waals surface area (Å²) >= 11 is 0. The maximum Gasteiger partial charge on any atom is 0.572 e. The molecule has 0 fully saturated rings. The van der Waals surface area contributed by atoms with Crippen molar-refractivity contribution in [1.29, 1.82) is 0 Å². The average Bonchev–Trinajstić information content (AvgIpc) is 2.86. The fourth-order valence-electron chi connectivity index (χ4n) is 0.965. The molecule has 0 radical (unpaired) electrons. The summed E-state index contributed by atoms with van der Waals surface area (Å²) in [6, 6.07) is -0.854. The lowest BCUT2D eigenvalue weighted by atomic mass is 10.4. The van der Waals surface area contributed by atoms with Gasteiger partial charge < -0.3 is 14.5 Å². The highest BCUT2D eigenvalue weighted by Gasteiger charge is 2.27. The molecular weight excluding hydrogens is 224 g/mol. The van der Waals surface area contributed by atoms with Gasteiger partial charge in [0.25, 0.3) is 0 Å². The van der Waals surface area contributed by atoms with Crippen molar-refractivity contribution in [2.24, 2.45) is 0 Å². The normalized spacial score (nSPS) is 10.2. The molecule has 0 atom stereocenters. The zero-order valence-corrected chi connectivity index (χ0v) is 7.35. The number of nitrogens with one attached hydrogen (secondary N) is 1. The Morgan fingerprint density at radius 3 is 2.56 bits per heavy atom. The summed E-state index contributed by atoms with van der Waals surface area (Å²) in [5.41, 5.74) is -0.649. The van der Waals surface area contributed by atoms with E-state index in [0.717, 1.165) is 6.20 Å². The maximum absolute atomic E-state index is 10.5. The highest BCUT2D eigenvalue weighted by atomic mass is 16.7. The van der Waals surface area contributed by atoms with Crippen molar-refractivity contribution in [3.05, 3.63) is 26.4 Å². The first kappa shape index (κ1) is 9.70. The molecule has 0 aliphatic carbocycles. The molecule has 0 unspecified atom stereocenters. The Morgan fingerprint density at radius 2 is 2.00 bits per heavy atom. The molecule has 0 bridgehead atoms. The molecule has 11 heteroatoms. The molecule has 82 valence electrons. The van der Waals surface area contributed by atoms with Crippen LogP contribution in [0, 0.1) is 20.2 Å². The lowest BCUT2D eigenvalue weighted by Gasteiger charge is -1.86. The predicted octanol–water partition coefficient (Wildman–Crippen LogP) is 0.276. The van der Waals surface area contributed by atoms with Crippen molar-refractivity contribution < 1.29 is 14.3 Å². The van der Waals surface area contributed by atoms with Gasteiger partial charge >= 0.3 is 17.6 Å². The number of hydrogen-bond donors (Lipinski definition) is 1. The fourth-order valence-corrected chi connectivity index (χ4v) is 0.965. The number of nitro groups is 2. The van der Waals surface area contributed by atoms with Gasteiger partial charge in [0.2, 0.25) is 5.69 Å². The van der Waals surface area contributed by atoms with Crippen LogP contribution in [-0.2, 0) is 0 Å². The van der Waals surface area contributed by atoms with Crippen LogP contribution in [0.5, 0.6) is 0 Å². The zero-order chi connectivity index (χ0) is 11.7. The third-order valence-electron chi connectivity index (χ3n) is 1.59. The van der Waals surface area contributed by atoms with Crippen LogP contribution in [0.3, 0.4) is 0 Å². The molecule has 1 N–H and O–H groups in total. The van der Waals surface area contributed by atoms with Gasteiger partial charge in [-0.05, 0) is 0 Å². The van der Waals surface area contributed by atoms with E-state index in [1.165, 1.54) is 0 Å². The maximum atomic E-state index is 10.5.